The number of aromatic nitrogens is 1. The molecule has 0 radical (unpaired) electrons. The summed E-state index contributed by atoms with van der Waals surface area (Å²) in [6.07, 6.45) is 0.148. The summed E-state index contributed by atoms with van der Waals surface area (Å²) >= 11 is 0.949. The van der Waals surface area contributed by atoms with Gasteiger partial charge in [0.1, 0.15) is 0 Å². The molecule has 1 aromatic heterocycles. The van der Waals surface area contributed by atoms with Crippen molar-refractivity contribution < 1.29 is 18.0 Å². The number of nitrogens with zero attached hydrogens (tertiary/aromatic N) is 1. The average Bonchev–Trinajstić information content (AvgIpc) is 2.88. The number of hydrogen-bond donors (Lipinski definition) is 2. The number of alkyl halides is 3. The van der Waals surface area contributed by atoms with E-state index >= 15 is 0 Å². The van der Waals surface area contributed by atoms with E-state index < -0.39 is 17.4 Å². The standard InChI is InChI=1S/C13H18F3N3OS/c14-13(15,16)9-8-21-10(19-9)4-7-18-11(20)12(17)5-2-1-3-6-12/h8H,1-7,17H2,(H,18,20). The molecule has 0 aliphatic heterocycles. The van der Waals surface area contributed by atoms with Crippen molar-refractivity contribution in [3.05, 3.63) is 16.1 Å². The molecule has 4 nitrogen and oxygen atoms in total. The minimum atomic E-state index is -4.42. The first-order valence-corrected chi connectivity index (χ1v) is 7.78. The van der Waals surface area contributed by atoms with Crippen LogP contribution in [0.1, 0.15) is 42.8 Å². The lowest BCUT2D eigenvalue weighted by atomic mass is 9.82. The van der Waals surface area contributed by atoms with Crippen molar-refractivity contribution in [2.45, 2.75) is 50.2 Å². The molecule has 0 aromatic carbocycles. The number of hydrogen-bond acceptors (Lipinski definition) is 4. The number of carbonyl (C=O) groups excluding carboxylic acids is 1. The molecule has 8 heteroatoms. The van der Waals surface area contributed by atoms with Crippen LogP contribution in [0, 0.1) is 0 Å². The van der Waals surface area contributed by atoms with Crippen LogP contribution in [0.15, 0.2) is 5.38 Å². The van der Waals surface area contributed by atoms with Crippen LogP contribution in [-0.4, -0.2) is 23.0 Å². The molecule has 0 spiro atoms. The third-order valence-electron chi connectivity index (χ3n) is 3.66. The molecule has 1 saturated carbocycles. The van der Waals surface area contributed by atoms with Gasteiger partial charge in [0.25, 0.3) is 0 Å². The lowest BCUT2D eigenvalue weighted by molar-refractivity contribution is -0.140. The van der Waals surface area contributed by atoms with Crippen LogP contribution in [0.5, 0.6) is 0 Å². The van der Waals surface area contributed by atoms with Gasteiger partial charge >= 0.3 is 6.18 Å². The monoisotopic (exact) mass is 321 g/mol. The molecule has 0 unspecified atom stereocenters. The van der Waals surface area contributed by atoms with Crippen LogP contribution in [0.4, 0.5) is 13.2 Å². The highest BCUT2D eigenvalue weighted by atomic mass is 32.1. The van der Waals surface area contributed by atoms with E-state index in [0.29, 0.717) is 17.8 Å². The number of carbonyl (C=O) groups is 1. The lowest BCUT2D eigenvalue weighted by Gasteiger charge is -2.31. The first-order valence-electron chi connectivity index (χ1n) is 6.90. The summed E-state index contributed by atoms with van der Waals surface area (Å²) in [5.41, 5.74) is 4.37. The van der Waals surface area contributed by atoms with Gasteiger partial charge in [-0.1, -0.05) is 19.3 Å². The van der Waals surface area contributed by atoms with E-state index in [2.05, 4.69) is 10.3 Å². The van der Waals surface area contributed by atoms with Gasteiger partial charge in [0.15, 0.2) is 5.69 Å². The molecule has 2 rings (SSSR count). The van der Waals surface area contributed by atoms with E-state index in [4.69, 9.17) is 5.73 Å². The maximum absolute atomic E-state index is 12.4. The van der Waals surface area contributed by atoms with Crippen LogP contribution >= 0.6 is 11.3 Å². The summed E-state index contributed by atoms with van der Waals surface area (Å²) in [5, 5.41) is 4.06. The SMILES string of the molecule is NC1(C(=O)NCCc2nc(C(F)(F)F)cs2)CCCCC1. The van der Waals surface area contributed by atoms with Gasteiger partial charge in [0.2, 0.25) is 5.91 Å². The molecule has 1 heterocycles. The number of nitrogens with one attached hydrogen (secondary N) is 1. The highest BCUT2D eigenvalue weighted by Gasteiger charge is 2.35. The zero-order valence-corrected chi connectivity index (χ0v) is 12.3. The summed E-state index contributed by atoms with van der Waals surface area (Å²) in [4.78, 5) is 15.6. The quantitative estimate of drug-likeness (QED) is 0.895. The van der Waals surface area contributed by atoms with E-state index in [1.807, 2.05) is 0 Å². The van der Waals surface area contributed by atoms with Crippen LogP contribution in [-0.2, 0) is 17.4 Å². The molecule has 118 valence electrons. The Hall–Kier alpha value is -1.15. The first kappa shape index (κ1) is 16.2. The van der Waals surface area contributed by atoms with Gasteiger partial charge in [0, 0.05) is 18.3 Å². The van der Waals surface area contributed by atoms with Gasteiger partial charge in [-0.2, -0.15) is 13.2 Å². The lowest BCUT2D eigenvalue weighted by Crippen LogP contribution is -2.55. The molecule has 0 bridgehead atoms. The second-order valence-corrected chi connectivity index (χ2v) is 6.29. The third-order valence-corrected chi connectivity index (χ3v) is 4.57. The van der Waals surface area contributed by atoms with E-state index in [0.717, 1.165) is 36.0 Å². The maximum atomic E-state index is 12.4. The first-order chi connectivity index (χ1) is 9.81. The Labute approximate surface area is 124 Å². The minimum absolute atomic E-state index is 0.213. The highest BCUT2D eigenvalue weighted by molar-refractivity contribution is 7.09. The minimum Gasteiger partial charge on any atom is -0.354 e. The summed E-state index contributed by atoms with van der Waals surface area (Å²) in [7, 11) is 0. The predicted octanol–water partition coefficient (Wildman–Crippen LogP) is 2.48. The molecule has 1 aromatic rings. The van der Waals surface area contributed by atoms with E-state index in [-0.39, 0.29) is 18.9 Å². The Balaban J connectivity index is 1.81. The van der Waals surface area contributed by atoms with E-state index in [9.17, 15) is 18.0 Å². The van der Waals surface area contributed by atoms with Gasteiger partial charge in [-0.15, -0.1) is 11.3 Å². The second-order valence-electron chi connectivity index (χ2n) is 5.35. The van der Waals surface area contributed by atoms with E-state index in [1.165, 1.54) is 0 Å². The van der Waals surface area contributed by atoms with Crippen molar-refractivity contribution in [2.75, 3.05) is 6.54 Å². The zero-order chi connectivity index (χ0) is 15.5. The van der Waals surface area contributed by atoms with Crippen LogP contribution < -0.4 is 11.1 Å². The van der Waals surface area contributed by atoms with Gasteiger partial charge < -0.3 is 11.1 Å². The van der Waals surface area contributed by atoms with Gasteiger partial charge in [-0.3, -0.25) is 4.79 Å². The average molecular weight is 321 g/mol. The number of rotatable bonds is 4. The van der Waals surface area contributed by atoms with Crippen LogP contribution in [0.3, 0.4) is 0 Å². The summed E-state index contributed by atoms with van der Waals surface area (Å²) in [5.74, 6) is -0.213. The van der Waals surface area contributed by atoms with Crippen LogP contribution in [0.25, 0.3) is 0 Å². The topological polar surface area (TPSA) is 68.0 Å². The highest BCUT2D eigenvalue weighted by Crippen LogP contribution is 2.30. The van der Waals surface area contributed by atoms with Gasteiger partial charge in [0.05, 0.1) is 10.5 Å². The molecule has 1 fully saturated rings. The number of thiazole rings is 1. The summed E-state index contributed by atoms with van der Waals surface area (Å²) in [6, 6.07) is 0. The van der Waals surface area contributed by atoms with Crippen molar-refractivity contribution >= 4 is 17.2 Å². The second kappa shape index (κ2) is 6.31. The van der Waals surface area contributed by atoms with Crippen molar-refractivity contribution in [1.82, 2.24) is 10.3 Å². The fraction of sp³-hybridized carbons (Fsp3) is 0.692. The largest absolute Gasteiger partial charge is 0.434 e. The van der Waals surface area contributed by atoms with Crippen molar-refractivity contribution in [3.63, 3.8) is 0 Å². The molecule has 0 atom stereocenters. The Kier molecular flexibility index (Phi) is 4.88. The number of nitrogens with two attached hydrogens (primary N) is 1. The summed E-state index contributed by atoms with van der Waals surface area (Å²) < 4.78 is 37.2. The number of halogens is 3. The van der Waals surface area contributed by atoms with Crippen molar-refractivity contribution in [2.24, 2.45) is 5.73 Å². The fourth-order valence-electron chi connectivity index (χ4n) is 2.42. The molecule has 0 saturated heterocycles. The van der Waals surface area contributed by atoms with Crippen molar-refractivity contribution in [3.8, 4) is 0 Å². The Morgan fingerprint density at radius 1 is 1.38 bits per heavy atom. The summed E-state index contributed by atoms with van der Waals surface area (Å²) in [6.45, 7) is 0.253. The number of amides is 1. The molecule has 1 aliphatic rings. The Morgan fingerprint density at radius 3 is 2.62 bits per heavy atom. The molecule has 21 heavy (non-hydrogen) atoms. The van der Waals surface area contributed by atoms with Gasteiger partial charge in [-0.05, 0) is 12.8 Å². The van der Waals surface area contributed by atoms with E-state index in [1.54, 1.807) is 0 Å². The predicted molar refractivity (Wildman–Crippen MR) is 73.8 cm³/mol. The molecule has 1 aliphatic carbocycles. The smallest absolute Gasteiger partial charge is 0.354 e. The van der Waals surface area contributed by atoms with Crippen LogP contribution in [0.2, 0.25) is 0 Å². The molecular weight excluding hydrogens is 303 g/mol. The fourth-order valence-corrected chi connectivity index (χ4v) is 3.23. The molecule has 3 N–H and O–H groups in total. The normalized spacial score (nSPS) is 18.5. The Morgan fingerprint density at radius 2 is 2.05 bits per heavy atom. The Bertz CT molecular complexity index is 495. The molecule has 1 amide bonds. The van der Waals surface area contributed by atoms with Crippen molar-refractivity contribution in [1.29, 1.82) is 0 Å². The molecular formula is C13H18F3N3OS. The zero-order valence-electron chi connectivity index (χ0n) is 11.5. The maximum Gasteiger partial charge on any atom is 0.434 e. The third kappa shape index (κ3) is 4.16. The van der Waals surface area contributed by atoms with Gasteiger partial charge in [-0.25, -0.2) is 4.98 Å².